The number of aryl methyl sites for hydroxylation is 1. The molecule has 1 unspecified atom stereocenters. The average molecular weight is 338 g/mol. The molecule has 1 atom stereocenters. The van der Waals surface area contributed by atoms with Crippen LogP contribution in [-0.4, -0.2) is 16.0 Å². The number of hydrogen-bond donors (Lipinski definition) is 2. The largest absolute Gasteiger partial charge is 0.331 e. The summed E-state index contributed by atoms with van der Waals surface area (Å²) in [5.74, 6) is 0. The van der Waals surface area contributed by atoms with Crippen LogP contribution in [0.4, 0.5) is 10.5 Å². The van der Waals surface area contributed by atoms with Gasteiger partial charge in [0.2, 0.25) is 0 Å². The lowest BCUT2D eigenvalue weighted by atomic mass is 10.1. The Bertz CT molecular complexity index is 815. The van der Waals surface area contributed by atoms with Crippen molar-refractivity contribution in [3.05, 3.63) is 65.4 Å². The molecule has 0 saturated heterocycles. The second-order valence-corrected chi connectivity index (χ2v) is 6.33. The van der Waals surface area contributed by atoms with Crippen LogP contribution in [0.1, 0.15) is 24.2 Å². The van der Waals surface area contributed by atoms with Crippen LogP contribution in [-0.2, 0) is 0 Å². The zero-order valence-corrected chi connectivity index (χ0v) is 14.3. The third kappa shape index (κ3) is 3.97. The fraction of sp³-hybridized carbons (Fsp3) is 0.167. The third-order valence-corrected chi connectivity index (χ3v) is 4.57. The smallest absolute Gasteiger partial charge is 0.319 e. The minimum Gasteiger partial charge on any atom is -0.331 e. The predicted octanol–water partition coefficient (Wildman–Crippen LogP) is 4.40. The van der Waals surface area contributed by atoms with E-state index in [4.69, 9.17) is 0 Å². The minimum atomic E-state index is -0.239. The van der Waals surface area contributed by atoms with Gasteiger partial charge in [-0.2, -0.15) is 0 Å². The van der Waals surface area contributed by atoms with E-state index in [0.29, 0.717) is 0 Å². The molecule has 2 heterocycles. The highest BCUT2D eigenvalue weighted by atomic mass is 32.1. The number of carbonyl (C=O) groups is 1. The van der Waals surface area contributed by atoms with E-state index in [-0.39, 0.29) is 12.1 Å². The van der Waals surface area contributed by atoms with Crippen molar-refractivity contribution < 1.29 is 4.79 Å². The van der Waals surface area contributed by atoms with E-state index in [0.717, 1.165) is 27.5 Å². The van der Waals surface area contributed by atoms with Gasteiger partial charge in [0.1, 0.15) is 5.01 Å². The number of anilines is 1. The number of thiazole rings is 1. The van der Waals surface area contributed by atoms with E-state index >= 15 is 0 Å². The van der Waals surface area contributed by atoms with E-state index in [1.54, 1.807) is 23.7 Å². The molecule has 2 N–H and O–H groups in total. The Kier molecular flexibility index (Phi) is 4.86. The van der Waals surface area contributed by atoms with Crippen LogP contribution in [0.25, 0.3) is 10.6 Å². The lowest BCUT2D eigenvalue weighted by Gasteiger charge is -2.15. The van der Waals surface area contributed by atoms with Crippen LogP contribution in [0.3, 0.4) is 0 Å². The maximum Gasteiger partial charge on any atom is 0.319 e. The van der Waals surface area contributed by atoms with Crippen molar-refractivity contribution in [2.75, 3.05) is 5.32 Å². The van der Waals surface area contributed by atoms with Gasteiger partial charge in [-0.25, -0.2) is 9.78 Å². The first-order valence-electron chi connectivity index (χ1n) is 7.62. The molecule has 3 rings (SSSR count). The van der Waals surface area contributed by atoms with E-state index in [1.165, 1.54) is 0 Å². The van der Waals surface area contributed by atoms with E-state index in [2.05, 4.69) is 20.6 Å². The first kappa shape index (κ1) is 16.1. The van der Waals surface area contributed by atoms with Gasteiger partial charge in [-0.15, -0.1) is 11.3 Å². The topological polar surface area (TPSA) is 66.9 Å². The molecule has 0 aliphatic carbocycles. The summed E-state index contributed by atoms with van der Waals surface area (Å²) in [6.45, 7) is 3.91. The van der Waals surface area contributed by atoms with Gasteiger partial charge < -0.3 is 10.6 Å². The van der Waals surface area contributed by atoms with Gasteiger partial charge in [-0.1, -0.05) is 0 Å². The van der Waals surface area contributed by atoms with Crippen molar-refractivity contribution in [1.29, 1.82) is 0 Å². The Labute approximate surface area is 144 Å². The van der Waals surface area contributed by atoms with Gasteiger partial charge in [0.25, 0.3) is 0 Å². The fourth-order valence-electron chi connectivity index (χ4n) is 2.28. The molecule has 0 spiro atoms. The van der Waals surface area contributed by atoms with Crippen LogP contribution in [0.15, 0.2) is 54.2 Å². The number of nitrogens with one attached hydrogen (secondary N) is 2. The highest BCUT2D eigenvalue weighted by Gasteiger charge is 2.09. The lowest BCUT2D eigenvalue weighted by Crippen LogP contribution is -2.31. The van der Waals surface area contributed by atoms with Gasteiger partial charge in [0.15, 0.2) is 0 Å². The predicted molar refractivity (Wildman–Crippen MR) is 97.1 cm³/mol. The average Bonchev–Trinajstić information content (AvgIpc) is 3.02. The highest BCUT2D eigenvalue weighted by molar-refractivity contribution is 7.13. The van der Waals surface area contributed by atoms with Crippen molar-refractivity contribution in [3.8, 4) is 10.6 Å². The number of amides is 2. The summed E-state index contributed by atoms with van der Waals surface area (Å²) in [5.41, 5.74) is 3.81. The van der Waals surface area contributed by atoms with Crippen molar-refractivity contribution in [1.82, 2.24) is 15.3 Å². The Hall–Kier alpha value is -2.73. The van der Waals surface area contributed by atoms with E-state index < -0.39 is 0 Å². The molecular weight excluding hydrogens is 320 g/mol. The van der Waals surface area contributed by atoms with Gasteiger partial charge in [-0.05, 0) is 55.8 Å². The van der Waals surface area contributed by atoms with Crippen molar-refractivity contribution in [3.63, 3.8) is 0 Å². The molecule has 0 aliphatic rings. The van der Waals surface area contributed by atoms with Crippen LogP contribution in [0.5, 0.6) is 0 Å². The van der Waals surface area contributed by atoms with Gasteiger partial charge in [-0.3, -0.25) is 4.98 Å². The van der Waals surface area contributed by atoms with Crippen LogP contribution in [0, 0.1) is 6.92 Å². The number of benzene rings is 1. The molecule has 5 nitrogen and oxygen atoms in total. The van der Waals surface area contributed by atoms with E-state index in [1.807, 2.05) is 55.6 Å². The summed E-state index contributed by atoms with van der Waals surface area (Å²) in [6.07, 6.45) is 3.43. The molecule has 0 aliphatic heterocycles. The third-order valence-electron chi connectivity index (χ3n) is 3.56. The molecule has 2 aromatic heterocycles. The minimum absolute atomic E-state index is 0.0921. The number of hydrogen-bond acceptors (Lipinski definition) is 4. The number of aromatic nitrogens is 2. The quantitative estimate of drug-likeness (QED) is 0.741. The number of urea groups is 1. The summed E-state index contributed by atoms with van der Waals surface area (Å²) in [5, 5.41) is 8.75. The first-order chi connectivity index (χ1) is 11.6. The monoisotopic (exact) mass is 338 g/mol. The standard InChI is InChI=1S/C18H18N4OS/c1-12-11-24-17(20-12)15-3-5-16(6-4-15)22-18(23)21-13(2)14-7-9-19-10-8-14/h3-11,13H,1-2H3,(H2,21,22,23). The summed E-state index contributed by atoms with van der Waals surface area (Å²) < 4.78 is 0. The van der Waals surface area contributed by atoms with Crippen LogP contribution in [0.2, 0.25) is 0 Å². The molecule has 3 aromatic rings. The molecular formula is C18H18N4OS. The summed E-state index contributed by atoms with van der Waals surface area (Å²) in [7, 11) is 0. The maximum atomic E-state index is 12.1. The number of carbonyl (C=O) groups excluding carboxylic acids is 1. The molecule has 24 heavy (non-hydrogen) atoms. The molecule has 0 bridgehead atoms. The Morgan fingerprint density at radius 2 is 1.83 bits per heavy atom. The highest BCUT2D eigenvalue weighted by Crippen LogP contribution is 2.24. The van der Waals surface area contributed by atoms with Crippen molar-refractivity contribution in [2.24, 2.45) is 0 Å². The Morgan fingerprint density at radius 1 is 1.12 bits per heavy atom. The normalized spacial score (nSPS) is 11.8. The Balaban J connectivity index is 1.60. The summed E-state index contributed by atoms with van der Waals surface area (Å²) in [6, 6.07) is 11.1. The zero-order valence-electron chi connectivity index (χ0n) is 13.5. The maximum absolute atomic E-state index is 12.1. The zero-order chi connectivity index (χ0) is 16.9. The van der Waals surface area contributed by atoms with Crippen molar-refractivity contribution in [2.45, 2.75) is 19.9 Å². The molecule has 0 fully saturated rings. The van der Waals surface area contributed by atoms with Gasteiger partial charge in [0.05, 0.1) is 6.04 Å². The van der Waals surface area contributed by atoms with Gasteiger partial charge in [0, 0.05) is 34.7 Å². The molecule has 6 heteroatoms. The second-order valence-electron chi connectivity index (χ2n) is 5.47. The number of rotatable bonds is 4. The molecule has 0 saturated carbocycles. The van der Waals surface area contributed by atoms with Gasteiger partial charge >= 0.3 is 6.03 Å². The molecule has 2 amide bonds. The van der Waals surface area contributed by atoms with E-state index in [9.17, 15) is 4.79 Å². The number of pyridine rings is 1. The molecule has 0 radical (unpaired) electrons. The SMILES string of the molecule is Cc1csc(-c2ccc(NC(=O)NC(C)c3ccncc3)cc2)n1. The first-order valence-corrected chi connectivity index (χ1v) is 8.50. The number of nitrogens with zero attached hydrogens (tertiary/aromatic N) is 2. The second kappa shape index (κ2) is 7.23. The van der Waals surface area contributed by atoms with Crippen molar-refractivity contribution >= 4 is 23.1 Å². The molecule has 1 aromatic carbocycles. The lowest BCUT2D eigenvalue weighted by molar-refractivity contribution is 0.249. The van der Waals surface area contributed by atoms with Crippen LogP contribution < -0.4 is 10.6 Å². The summed E-state index contributed by atoms with van der Waals surface area (Å²) in [4.78, 5) is 20.5. The van der Waals surface area contributed by atoms with Crippen LogP contribution >= 0.6 is 11.3 Å². The Morgan fingerprint density at radius 3 is 2.46 bits per heavy atom. The summed E-state index contributed by atoms with van der Waals surface area (Å²) >= 11 is 1.61. The molecule has 122 valence electrons. The fourth-order valence-corrected chi connectivity index (χ4v) is 3.09.